The summed E-state index contributed by atoms with van der Waals surface area (Å²) in [5, 5.41) is 99.8. The Morgan fingerprint density at radius 1 is 0.638 bits per heavy atom. The van der Waals surface area contributed by atoms with Crippen molar-refractivity contribution in [3.63, 3.8) is 0 Å². The first-order valence-electron chi connectivity index (χ1n) is 17.7. The van der Waals surface area contributed by atoms with Crippen LogP contribution < -0.4 is 0 Å². The number of rotatable bonds is 21. The second-order valence-corrected chi connectivity index (χ2v) is 13.8. The van der Waals surface area contributed by atoms with E-state index in [2.05, 4.69) is 6.92 Å². The molecule has 2 saturated heterocycles. The van der Waals surface area contributed by atoms with Crippen LogP contribution in [0.3, 0.4) is 0 Å². The molecule has 5 unspecified atom stereocenters. The zero-order valence-corrected chi connectivity index (χ0v) is 28.6. The van der Waals surface area contributed by atoms with E-state index in [1.54, 1.807) is 0 Å². The van der Waals surface area contributed by atoms with Crippen LogP contribution in [0.1, 0.15) is 124 Å². The maximum Gasteiger partial charge on any atom is 0.318 e. The van der Waals surface area contributed by atoms with Gasteiger partial charge in [-0.15, -0.1) is 0 Å². The van der Waals surface area contributed by atoms with E-state index < -0.39 is 96.3 Å². The van der Waals surface area contributed by atoms with Crippen molar-refractivity contribution >= 4 is 11.8 Å². The summed E-state index contributed by atoms with van der Waals surface area (Å²) in [6.45, 7) is 6.79. The van der Waals surface area contributed by atoms with Gasteiger partial charge in [0.1, 0.15) is 54.4 Å². The summed E-state index contributed by atoms with van der Waals surface area (Å²) in [6, 6.07) is 0. The third-order valence-corrected chi connectivity index (χ3v) is 10.4. The molecular formula is C34H62O13. The average Bonchev–Trinajstić information content (AvgIpc) is 3.03. The predicted octanol–water partition coefficient (Wildman–Crippen LogP) is 1.35. The topological polar surface area (TPSA) is 235 Å². The molecule has 13 nitrogen and oxygen atoms in total. The Bertz CT molecular complexity index is 951. The maximum atomic E-state index is 14.6. The van der Waals surface area contributed by atoms with E-state index in [0.717, 1.165) is 51.4 Å². The fraction of sp³-hybridized carbons (Fsp3) is 0.941. The molecule has 0 saturated carbocycles. The lowest BCUT2D eigenvalue weighted by Gasteiger charge is -2.55. The van der Waals surface area contributed by atoms with Gasteiger partial charge < -0.3 is 55.4 Å². The van der Waals surface area contributed by atoms with Crippen LogP contribution in [0.2, 0.25) is 0 Å². The number of hydrogen-bond acceptors (Lipinski definition) is 12. The summed E-state index contributed by atoms with van der Waals surface area (Å²) in [6.07, 6.45) is -10.9. The van der Waals surface area contributed by atoms with Crippen LogP contribution in [0, 0.1) is 5.41 Å². The van der Waals surface area contributed by atoms with Crippen LogP contribution >= 0.6 is 0 Å². The molecule has 0 aromatic heterocycles. The number of carboxylic acids is 1. The molecule has 0 aromatic carbocycles. The van der Waals surface area contributed by atoms with Crippen molar-refractivity contribution in [1.29, 1.82) is 0 Å². The molecule has 13 heteroatoms. The van der Waals surface area contributed by atoms with Crippen LogP contribution in [0.4, 0.5) is 0 Å². The SMILES string of the molecule is CCCCCCCCCC(O)C(C(=O)O)(C1O[C@@H](C)[C@H](O)[C@@H](O)[C@H]1O)C(O)(CCCCCCCC)C(=O)C1O[C@@H](C)[C@H](O)[C@@H](O)[C@H]1O. The van der Waals surface area contributed by atoms with Gasteiger partial charge in [-0.2, -0.15) is 0 Å². The Balaban J connectivity index is 2.68. The van der Waals surface area contributed by atoms with E-state index in [9.17, 15) is 55.5 Å². The Morgan fingerprint density at radius 3 is 1.60 bits per heavy atom. The van der Waals surface area contributed by atoms with Crippen LogP contribution in [0.5, 0.6) is 0 Å². The highest BCUT2D eigenvalue weighted by Gasteiger charge is 2.72. The lowest BCUT2D eigenvalue weighted by Crippen LogP contribution is -2.76. The summed E-state index contributed by atoms with van der Waals surface area (Å²) in [5.41, 5.74) is -6.12. The standard InChI is InChI=1S/C34H62O13/c1-5-7-9-11-13-14-16-18-22(35)34(32(43)44,31-28(41)26(39)24(37)21(4)47-31)33(45,19-17-15-12-10-8-6-2)30(42)29-27(40)25(38)23(36)20(3)46-29/h20-29,31,35-41,45H,5-19H2,1-4H3,(H,43,44)/t20-,21-,22?,23-,24-,25+,26+,27+,28+,29?,31?,33?,34?/m0/s1. The minimum atomic E-state index is -3.09. The molecule has 0 amide bonds. The molecule has 2 rings (SSSR count). The van der Waals surface area contributed by atoms with Crippen LogP contribution in [-0.2, 0) is 19.1 Å². The number of Topliss-reactive ketones (excluding diaryl/α,β-unsaturated/α-hetero) is 1. The molecule has 2 aliphatic rings. The summed E-state index contributed by atoms with van der Waals surface area (Å²) >= 11 is 0. The fourth-order valence-electron chi connectivity index (χ4n) is 7.29. The van der Waals surface area contributed by atoms with Gasteiger partial charge in [-0.3, -0.25) is 9.59 Å². The first-order chi connectivity index (χ1) is 22.1. The second kappa shape index (κ2) is 19.2. The zero-order valence-electron chi connectivity index (χ0n) is 28.6. The Kier molecular flexibility index (Phi) is 17.1. The highest BCUT2D eigenvalue weighted by molar-refractivity contribution is 5.98. The van der Waals surface area contributed by atoms with Crippen molar-refractivity contribution in [2.45, 2.75) is 197 Å². The minimum Gasteiger partial charge on any atom is -0.481 e. The van der Waals surface area contributed by atoms with Crippen molar-refractivity contribution in [1.82, 2.24) is 0 Å². The molecular weight excluding hydrogens is 616 g/mol. The molecule has 2 aliphatic heterocycles. The molecule has 0 spiro atoms. The van der Waals surface area contributed by atoms with E-state index in [0.29, 0.717) is 25.7 Å². The molecule has 0 aromatic rings. The molecule has 0 bridgehead atoms. The Labute approximate surface area is 278 Å². The van der Waals surface area contributed by atoms with E-state index in [1.165, 1.54) is 13.8 Å². The average molecular weight is 679 g/mol. The number of hydrogen-bond donors (Lipinski definition) is 9. The van der Waals surface area contributed by atoms with Crippen LogP contribution in [0.15, 0.2) is 0 Å². The monoisotopic (exact) mass is 678 g/mol. The molecule has 2 heterocycles. The van der Waals surface area contributed by atoms with Gasteiger partial charge >= 0.3 is 5.97 Å². The fourth-order valence-corrected chi connectivity index (χ4v) is 7.29. The summed E-state index contributed by atoms with van der Waals surface area (Å²) < 4.78 is 11.4. The quantitative estimate of drug-likeness (QED) is 0.0781. The number of aliphatic hydroxyl groups excluding tert-OH is 7. The number of unbranched alkanes of at least 4 members (excludes halogenated alkanes) is 11. The van der Waals surface area contributed by atoms with E-state index in [4.69, 9.17) is 9.47 Å². The number of aliphatic carboxylic acids is 1. The van der Waals surface area contributed by atoms with Gasteiger partial charge in [0.2, 0.25) is 0 Å². The number of carbonyl (C=O) groups excluding carboxylic acids is 1. The second-order valence-electron chi connectivity index (χ2n) is 13.8. The number of carboxylic acid groups (broad SMARTS) is 1. The third-order valence-electron chi connectivity index (χ3n) is 10.4. The Morgan fingerprint density at radius 2 is 1.09 bits per heavy atom. The van der Waals surface area contributed by atoms with Crippen molar-refractivity contribution in [3.8, 4) is 0 Å². The maximum absolute atomic E-state index is 14.6. The lowest BCUT2D eigenvalue weighted by molar-refractivity contribution is -0.291. The predicted molar refractivity (Wildman–Crippen MR) is 171 cm³/mol. The van der Waals surface area contributed by atoms with E-state index in [-0.39, 0.29) is 12.8 Å². The molecule has 0 aliphatic carbocycles. The van der Waals surface area contributed by atoms with Crippen molar-refractivity contribution < 1.29 is 65.0 Å². The van der Waals surface area contributed by atoms with Gasteiger partial charge in [-0.05, 0) is 26.7 Å². The van der Waals surface area contributed by atoms with Gasteiger partial charge in [0, 0.05) is 0 Å². The van der Waals surface area contributed by atoms with Gasteiger partial charge in [0.05, 0.1) is 18.3 Å². The van der Waals surface area contributed by atoms with Crippen molar-refractivity contribution in [2.75, 3.05) is 0 Å². The van der Waals surface area contributed by atoms with Gasteiger partial charge in [0.15, 0.2) is 11.2 Å². The van der Waals surface area contributed by atoms with Crippen LogP contribution in [0.25, 0.3) is 0 Å². The van der Waals surface area contributed by atoms with E-state index in [1.807, 2.05) is 6.92 Å². The highest BCUT2D eigenvalue weighted by atomic mass is 16.6. The summed E-state index contributed by atoms with van der Waals surface area (Å²) in [7, 11) is 0. The highest BCUT2D eigenvalue weighted by Crippen LogP contribution is 2.50. The smallest absolute Gasteiger partial charge is 0.318 e. The van der Waals surface area contributed by atoms with Crippen LogP contribution in [-0.4, -0.2) is 130 Å². The lowest BCUT2D eigenvalue weighted by atomic mass is 9.57. The third kappa shape index (κ3) is 9.30. The van der Waals surface area contributed by atoms with Gasteiger partial charge in [-0.1, -0.05) is 97.3 Å². The number of aliphatic hydroxyl groups is 8. The molecule has 2 fully saturated rings. The van der Waals surface area contributed by atoms with Gasteiger partial charge in [0.25, 0.3) is 0 Å². The first-order valence-corrected chi connectivity index (χ1v) is 17.7. The molecule has 47 heavy (non-hydrogen) atoms. The molecule has 13 atom stereocenters. The van der Waals surface area contributed by atoms with Crippen molar-refractivity contribution in [3.05, 3.63) is 0 Å². The summed E-state index contributed by atoms with van der Waals surface area (Å²) in [5.74, 6) is -3.27. The zero-order chi connectivity index (χ0) is 35.5. The first kappa shape index (κ1) is 41.9. The van der Waals surface area contributed by atoms with Crippen molar-refractivity contribution in [2.24, 2.45) is 5.41 Å². The molecule has 9 N–H and O–H groups in total. The van der Waals surface area contributed by atoms with Gasteiger partial charge in [-0.25, -0.2) is 0 Å². The largest absolute Gasteiger partial charge is 0.481 e. The summed E-state index contributed by atoms with van der Waals surface area (Å²) in [4.78, 5) is 28.2. The van der Waals surface area contributed by atoms with E-state index >= 15 is 0 Å². The minimum absolute atomic E-state index is 0.0955. The molecule has 276 valence electrons. The normalized spacial score (nSPS) is 34.7. The number of carbonyl (C=O) groups is 2. The Hall–Kier alpha value is -1.26. The molecule has 0 radical (unpaired) electrons. The number of ketones is 1. The number of ether oxygens (including phenoxy) is 2.